The molecule has 1 unspecified atom stereocenters. The quantitative estimate of drug-likeness (QED) is 0.685. The highest BCUT2D eigenvalue weighted by Crippen LogP contribution is 2.28. The summed E-state index contributed by atoms with van der Waals surface area (Å²) in [5.41, 5.74) is 5.80. The van der Waals surface area contributed by atoms with E-state index in [0.717, 1.165) is 6.07 Å². The van der Waals surface area contributed by atoms with Crippen LogP contribution in [-0.4, -0.2) is 16.8 Å². The minimum absolute atomic E-state index is 0.0927. The van der Waals surface area contributed by atoms with Crippen molar-refractivity contribution in [3.63, 3.8) is 0 Å². The first-order chi connectivity index (χ1) is 6.56. The molecule has 4 N–H and O–H groups in total. The van der Waals surface area contributed by atoms with Gasteiger partial charge in [-0.2, -0.15) is 0 Å². The second-order valence-corrected chi connectivity index (χ2v) is 3.25. The van der Waals surface area contributed by atoms with Crippen LogP contribution in [0.5, 0.6) is 5.75 Å². The van der Waals surface area contributed by atoms with Crippen molar-refractivity contribution in [1.82, 2.24) is 0 Å². The summed E-state index contributed by atoms with van der Waals surface area (Å²) < 4.78 is 13.1. The maximum Gasteiger partial charge on any atom is 0.126 e. The van der Waals surface area contributed by atoms with Crippen LogP contribution in [0.3, 0.4) is 0 Å². The lowest BCUT2D eigenvalue weighted by Gasteiger charge is -2.12. The monoisotopic (exact) mass is 199 g/mol. The van der Waals surface area contributed by atoms with Crippen molar-refractivity contribution in [3.8, 4) is 5.75 Å². The molecule has 0 spiro atoms. The van der Waals surface area contributed by atoms with Gasteiger partial charge in [-0.25, -0.2) is 4.39 Å². The Hall–Kier alpha value is -1.13. The fourth-order valence-electron chi connectivity index (χ4n) is 1.26. The molecule has 0 amide bonds. The second kappa shape index (κ2) is 4.39. The molecule has 0 saturated heterocycles. The number of phenols is 1. The molecule has 1 aromatic carbocycles. The predicted molar refractivity (Wildman–Crippen MR) is 51.4 cm³/mol. The molecule has 1 rings (SSSR count). The van der Waals surface area contributed by atoms with E-state index in [0.29, 0.717) is 12.0 Å². The smallest absolute Gasteiger partial charge is 0.126 e. The van der Waals surface area contributed by atoms with Crippen molar-refractivity contribution in [3.05, 3.63) is 29.1 Å². The highest BCUT2D eigenvalue weighted by atomic mass is 19.1. The van der Waals surface area contributed by atoms with Crippen LogP contribution in [-0.2, 0) is 0 Å². The zero-order valence-corrected chi connectivity index (χ0v) is 8.00. The van der Waals surface area contributed by atoms with E-state index in [4.69, 9.17) is 5.73 Å². The van der Waals surface area contributed by atoms with Crippen molar-refractivity contribution < 1.29 is 14.6 Å². The highest BCUT2D eigenvalue weighted by Gasteiger charge is 2.13. The summed E-state index contributed by atoms with van der Waals surface area (Å²) in [6.45, 7) is 1.84. The number of aliphatic hydroxyl groups excluding tert-OH is 1. The van der Waals surface area contributed by atoms with E-state index in [9.17, 15) is 14.6 Å². The maximum absolute atomic E-state index is 13.1. The lowest BCUT2D eigenvalue weighted by Crippen LogP contribution is -2.07. The van der Waals surface area contributed by atoms with Gasteiger partial charge in [-0.1, -0.05) is 0 Å². The van der Waals surface area contributed by atoms with Gasteiger partial charge in [0.15, 0.2) is 0 Å². The molecular formula is C10H14FNO2. The number of halogens is 1. The Kier molecular flexibility index (Phi) is 3.43. The van der Waals surface area contributed by atoms with E-state index in [1.807, 2.05) is 0 Å². The topological polar surface area (TPSA) is 66.5 Å². The van der Waals surface area contributed by atoms with Gasteiger partial charge in [0.25, 0.3) is 0 Å². The number of hydrogen-bond donors (Lipinski definition) is 3. The van der Waals surface area contributed by atoms with Crippen molar-refractivity contribution in [1.29, 1.82) is 0 Å². The standard InChI is InChI=1S/C10H14FNO2/c1-6-4-10(14)7(5-8(6)11)9(13)2-3-12/h4-5,9,13-14H,2-3,12H2,1H3. The average Bonchev–Trinajstić information content (AvgIpc) is 2.11. The van der Waals surface area contributed by atoms with Gasteiger partial charge in [-0.3, -0.25) is 0 Å². The average molecular weight is 199 g/mol. The summed E-state index contributed by atoms with van der Waals surface area (Å²) in [5, 5.41) is 19.0. The Morgan fingerprint density at radius 1 is 1.50 bits per heavy atom. The maximum atomic E-state index is 13.1. The van der Waals surface area contributed by atoms with E-state index in [1.54, 1.807) is 6.92 Å². The van der Waals surface area contributed by atoms with E-state index in [-0.39, 0.29) is 17.9 Å². The predicted octanol–water partition coefficient (Wildman–Crippen LogP) is 1.22. The largest absolute Gasteiger partial charge is 0.508 e. The summed E-state index contributed by atoms with van der Waals surface area (Å²) in [6.07, 6.45) is -0.606. The molecule has 1 aromatic rings. The Morgan fingerprint density at radius 3 is 2.71 bits per heavy atom. The highest BCUT2D eigenvalue weighted by molar-refractivity contribution is 5.38. The number of nitrogens with two attached hydrogens (primary N) is 1. The first-order valence-electron chi connectivity index (χ1n) is 4.43. The van der Waals surface area contributed by atoms with Crippen LogP contribution in [0, 0.1) is 12.7 Å². The molecule has 3 nitrogen and oxygen atoms in total. The fourth-order valence-corrected chi connectivity index (χ4v) is 1.26. The Balaban J connectivity index is 3.02. The number of aromatic hydroxyl groups is 1. The number of aryl methyl sites for hydroxylation is 1. The van der Waals surface area contributed by atoms with Gasteiger partial charge >= 0.3 is 0 Å². The van der Waals surface area contributed by atoms with E-state index >= 15 is 0 Å². The zero-order valence-electron chi connectivity index (χ0n) is 8.00. The molecule has 1 atom stereocenters. The van der Waals surface area contributed by atoms with E-state index < -0.39 is 11.9 Å². The number of benzene rings is 1. The van der Waals surface area contributed by atoms with Gasteiger partial charge in [-0.05, 0) is 37.6 Å². The third-order valence-electron chi connectivity index (χ3n) is 2.11. The van der Waals surface area contributed by atoms with Crippen LogP contribution in [0.4, 0.5) is 4.39 Å². The minimum Gasteiger partial charge on any atom is -0.508 e. The molecule has 0 aromatic heterocycles. The van der Waals surface area contributed by atoms with Gasteiger partial charge in [0.1, 0.15) is 11.6 Å². The summed E-state index contributed by atoms with van der Waals surface area (Å²) in [6, 6.07) is 2.44. The molecule has 0 fully saturated rings. The van der Waals surface area contributed by atoms with Gasteiger partial charge in [0.05, 0.1) is 6.10 Å². The van der Waals surface area contributed by atoms with Crippen LogP contribution in [0.1, 0.15) is 23.7 Å². The number of aliphatic hydroxyl groups is 1. The molecule has 0 aliphatic rings. The number of hydrogen-bond acceptors (Lipinski definition) is 3. The van der Waals surface area contributed by atoms with Crippen LogP contribution >= 0.6 is 0 Å². The summed E-state index contributed by atoms with van der Waals surface area (Å²) >= 11 is 0. The van der Waals surface area contributed by atoms with Gasteiger partial charge < -0.3 is 15.9 Å². The van der Waals surface area contributed by atoms with Crippen LogP contribution < -0.4 is 5.73 Å². The molecule has 0 aliphatic carbocycles. The van der Waals surface area contributed by atoms with E-state index in [1.165, 1.54) is 6.07 Å². The van der Waals surface area contributed by atoms with Crippen molar-refractivity contribution in [2.45, 2.75) is 19.4 Å². The van der Waals surface area contributed by atoms with Crippen LogP contribution in [0.15, 0.2) is 12.1 Å². The molecule has 78 valence electrons. The Morgan fingerprint density at radius 2 is 2.14 bits per heavy atom. The molecule has 0 heterocycles. The molecule has 14 heavy (non-hydrogen) atoms. The Labute approximate surface area is 82.0 Å². The zero-order chi connectivity index (χ0) is 10.7. The van der Waals surface area contributed by atoms with Crippen molar-refractivity contribution >= 4 is 0 Å². The minimum atomic E-state index is -0.907. The lowest BCUT2D eigenvalue weighted by molar-refractivity contribution is 0.166. The van der Waals surface area contributed by atoms with Gasteiger partial charge in [0.2, 0.25) is 0 Å². The Bertz CT molecular complexity index is 328. The second-order valence-electron chi connectivity index (χ2n) is 3.25. The van der Waals surface area contributed by atoms with Gasteiger partial charge in [-0.15, -0.1) is 0 Å². The number of rotatable bonds is 3. The normalized spacial score (nSPS) is 12.9. The molecule has 0 radical (unpaired) electrons. The third kappa shape index (κ3) is 2.21. The molecule has 0 aliphatic heterocycles. The summed E-state index contributed by atoms with van der Waals surface area (Å²) in [4.78, 5) is 0. The molecule has 4 heteroatoms. The summed E-state index contributed by atoms with van der Waals surface area (Å²) in [7, 11) is 0. The molecule has 0 bridgehead atoms. The first-order valence-corrected chi connectivity index (χ1v) is 4.43. The number of phenolic OH excluding ortho intramolecular Hbond substituents is 1. The first kappa shape index (κ1) is 10.9. The molecule has 0 saturated carbocycles. The van der Waals surface area contributed by atoms with Crippen molar-refractivity contribution in [2.75, 3.05) is 6.54 Å². The summed E-state index contributed by atoms with van der Waals surface area (Å²) in [5.74, 6) is -0.529. The SMILES string of the molecule is Cc1cc(O)c(C(O)CCN)cc1F. The fraction of sp³-hybridized carbons (Fsp3) is 0.400. The lowest BCUT2D eigenvalue weighted by atomic mass is 10.0. The third-order valence-corrected chi connectivity index (χ3v) is 2.11. The van der Waals surface area contributed by atoms with Crippen LogP contribution in [0.2, 0.25) is 0 Å². The van der Waals surface area contributed by atoms with Gasteiger partial charge in [0, 0.05) is 5.56 Å². The van der Waals surface area contributed by atoms with Crippen LogP contribution in [0.25, 0.3) is 0 Å². The molecular weight excluding hydrogens is 185 g/mol. The van der Waals surface area contributed by atoms with E-state index in [2.05, 4.69) is 0 Å². The van der Waals surface area contributed by atoms with Crippen molar-refractivity contribution in [2.24, 2.45) is 5.73 Å².